The molecular weight excluding hydrogens is 181 g/mol. The molecule has 0 aromatic heterocycles. The first-order valence-electron chi connectivity index (χ1n) is 2.50. The predicted molar refractivity (Wildman–Crippen MR) is 29.4 cm³/mol. The zero-order chi connectivity index (χ0) is 9.94. The van der Waals surface area contributed by atoms with E-state index in [9.17, 15) is 22.8 Å². The third-order valence-electron chi connectivity index (χ3n) is 0.804. The van der Waals surface area contributed by atoms with E-state index in [1.54, 1.807) is 0 Å². The first kappa shape index (κ1) is 10.5. The summed E-state index contributed by atoms with van der Waals surface area (Å²) in [7, 11) is 0. The van der Waals surface area contributed by atoms with Gasteiger partial charge in [0.1, 0.15) is 5.57 Å². The van der Waals surface area contributed by atoms with E-state index < -0.39 is 29.8 Å². The Bertz CT molecular complexity index is 240. The van der Waals surface area contributed by atoms with Crippen molar-refractivity contribution in [1.29, 1.82) is 0 Å². The molecule has 0 saturated carbocycles. The Balaban J connectivity index is 4.94. The van der Waals surface area contributed by atoms with Crippen molar-refractivity contribution in [3.05, 3.63) is 11.6 Å². The largest absolute Gasteiger partial charge is 0.478 e. The molecule has 0 radical (unpaired) electrons. The number of halogens is 3. The maximum absolute atomic E-state index is 11.6. The highest BCUT2D eigenvalue weighted by Crippen LogP contribution is 2.25. The second-order valence-corrected chi connectivity index (χ2v) is 1.70. The van der Waals surface area contributed by atoms with Crippen molar-refractivity contribution in [3.63, 3.8) is 0 Å². The molecule has 4 nitrogen and oxygen atoms in total. The molecule has 0 heterocycles. The summed E-state index contributed by atoms with van der Waals surface area (Å²) < 4.78 is 34.9. The molecule has 0 aliphatic rings. The number of hydrogen-bond donors (Lipinski definition) is 2. The van der Waals surface area contributed by atoms with Crippen LogP contribution in [0.4, 0.5) is 13.2 Å². The molecule has 0 aromatic carbocycles. The summed E-state index contributed by atoms with van der Waals surface area (Å²) in [5.41, 5.74) is -2.10. The molecule has 0 aliphatic heterocycles. The van der Waals surface area contributed by atoms with E-state index in [1.807, 2.05) is 0 Å². The molecule has 0 spiro atoms. The van der Waals surface area contributed by atoms with Crippen LogP contribution in [-0.2, 0) is 9.59 Å². The Labute approximate surface area is 63.9 Å². The summed E-state index contributed by atoms with van der Waals surface area (Å²) in [6, 6.07) is 0. The molecule has 0 saturated heterocycles. The van der Waals surface area contributed by atoms with Gasteiger partial charge in [0.2, 0.25) is 0 Å². The van der Waals surface area contributed by atoms with E-state index in [1.165, 1.54) is 0 Å². The minimum Gasteiger partial charge on any atom is -0.478 e. The standard InChI is InChI=1S/C5H3F3O4/c6-5(7,8)2(4(11)12)1-3(9)10/h1H,(H,9,10)(H,11,12)/b2-1-. The van der Waals surface area contributed by atoms with E-state index in [0.29, 0.717) is 0 Å². The molecule has 68 valence electrons. The Kier molecular flexibility index (Phi) is 2.83. The summed E-state index contributed by atoms with van der Waals surface area (Å²) >= 11 is 0. The molecule has 12 heavy (non-hydrogen) atoms. The van der Waals surface area contributed by atoms with E-state index in [0.717, 1.165) is 0 Å². The molecule has 0 aliphatic carbocycles. The number of alkyl halides is 3. The first-order chi connectivity index (χ1) is 5.25. The van der Waals surface area contributed by atoms with Crippen LogP contribution in [0.25, 0.3) is 0 Å². The van der Waals surface area contributed by atoms with Crippen LogP contribution in [0.3, 0.4) is 0 Å². The van der Waals surface area contributed by atoms with Gasteiger partial charge in [-0.05, 0) is 0 Å². The maximum atomic E-state index is 11.6. The lowest BCUT2D eigenvalue weighted by Crippen LogP contribution is -2.20. The summed E-state index contributed by atoms with van der Waals surface area (Å²) in [5, 5.41) is 15.8. The van der Waals surface area contributed by atoms with Gasteiger partial charge in [-0.25, -0.2) is 9.59 Å². The molecule has 0 amide bonds. The monoisotopic (exact) mass is 184 g/mol. The molecule has 0 bridgehead atoms. The molecule has 0 atom stereocenters. The van der Waals surface area contributed by atoms with Crippen molar-refractivity contribution < 1.29 is 33.0 Å². The highest BCUT2D eigenvalue weighted by molar-refractivity contribution is 5.95. The van der Waals surface area contributed by atoms with Gasteiger partial charge in [-0.3, -0.25) is 0 Å². The zero-order valence-electron chi connectivity index (χ0n) is 5.42. The molecular formula is C5H3F3O4. The van der Waals surface area contributed by atoms with E-state index in [4.69, 9.17) is 10.2 Å². The Morgan fingerprint density at radius 2 is 1.58 bits per heavy atom. The summed E-state index contributed by atoms with van der Waals surface area (Å²) in [6.45, 7) is 0. The minimum absolute atomic E-state index is 0.400. The molecule has 0 rings (SSSR count). The number of carbonyl (C=O) groups is 2. The van der Waals surface area contributed by atoms with Crippen LogP contribution in [0.5, 0.6) is 0 Å². The van der Waals surface area contributed by atoms with Gasteiger partial charge in [-0.15, -0.1) is 0 Å². The van der Waals surface area contributed by atoms with Crippen LogP contribution in [-0.4, -0.2) is 28.3 Å². The highest BCUT2D eigenvalue weighted by atomic mass is 19.4. The number of carboxylic acid groups (broad SMARTS) is 2. The summed E-state index contributed by atoms with van der Waals surface area (Å²) in [6.07, 6.45) is -5.55. The summed E-state index contributed by atoms with van der Waals surface area (Å²) in [4.78, 5) is 19.6. The topological polar surface area (TPSA) is 74.6 Å². The van der Waals surface area contributed by atoms with Crippen molar-refractivity contribution >= 4 is 11.9 Å². The second kappa shape index (κ2) is 3.24. The smallest absolute Gasteiger partial charge is 0.423 e. The van der Waals surface area contributed by atoms with Crippen molar-refractivity contribution in [2.75, 3.05) is 0 Å². The minimum atomic E-state index is -5.15. The number of hydrogen-bond acceptors (Lipinski definition) is 2. The number of aliphatic carboxylic acids is 2. The Morgan fingerprint density at radius 1 is 1.17 bits per heavy atom. The molecule has 2 N–H and O–H groups in total. The quantitative estimate of drug-likeness (QED) is 0.617. The fourth-order valence-corrected chi connectivity index (χ4v) is 0.388. The van der Waals surface area contributed by atoms with E-state index in [-0.39, 0.29) is 0 Å². The Hall–Kier alpha value is -1.53. The van der Waals surface area contributed by atoms with Gasteiger partial charge in [-0.2, -0.15) is 13.2 Å². The van der Waals surface area contributed by atoms with Crippen molar-refractivity contribution in [3.8, 4) is 0 Å². The lowest BCUT2D eigenvalue weighted by Gasteiger charge is -2.04. The average molecular weight is 184 g/mol. The first-order valence-corrected chi connectivity index (χ1v) is 2.50. The number of rotatable bonds is 2. The molecule has 0 fully saturated rings. The molecule has 0 aromatic rings. The third-order valence-corrected chi connectivity index (χ3v) is 0.804. The van der Waals surface area contributed by atoms with Crippen molar-refractivity contribution in [2.24, 2.45) is 0 Å². The molecule has 0 unspecified atom stereocenters. The fourth-order valence-electron chi connectivity index (χ4n) is 0.388. The lowest BCUT2D eigenvalue weighted by molar-refractivity contribution is -0.146. The van der Waals surface area contributed by atoms with Crippen LogP contribution in [0, 0.1) is 0 Å². The van der Waals surface area contributed by atoms with Crippen LogP contribution in [0.1, 0.15) is 0 Å². The van der Waals surface area contributed by atoms with Crippen LogP contribution < -0.4 is 0 Å². The fraction of sp³-hybridized carbons (Fsp3) is 0.200. The van der Waals surface area contributed by atoms with Crippen LogP contribution in [0.2, 0.25) is 0 Å². The summed E-state index contributed by atoms with van der Waals surface area (Å²) in [5.74, 6) is -4.27. The van der Waals surface area contributed by atoms with Crippen molar-refractivity contribution in [1.82, 2.24) is 0 Å². The van der Waals surface area contributed by atoms with Crippen LogP contribution >= 0.6 is 0 Å². The van der Waals surface area contributed by atoms with Gasteiger partial charge in [0.25, 0.3) is 0 Å². The van der Waals surface area contributed by atoms with Gasteiger partial charge in [-0.1, -0.05) is 0 Å². The number of carboxylic acids is 2. The average Bonchev–Trinajstić information content (AvgIpc) is 1.79. The lowest BCUT2D eigenvalue weighted by atomic mass is 10.2. The van der Waals surface area contributed by atoms with E-state index >= 15 is 0 Å². The molecule has 7 heteroatoms. The van der Waals surface area contributed by atoms with Gasteiger partial charge < -0.3 is 10.2 Å². The van der Waals surface area contributed by atoms with Gasteiger partial charge in [0.05, 0.1) is 0 Å². The van der Waals surface area contributed by atoms with Gasteiger partial charge in [0, 0.05) is 6.08 Å². The highest BCUT2D eigenvalue weighted by Gasteiger charge is 2.39. The van der Waals surface area contributed by atoms with Crippen LogP contribution in [0.15, 0.2) is 11.6 Å². The second-order valence-electron chi connectivity index (χ2n) is 1.70. The van der Waals surface area contributed by atoms with Gasteiger partial charge in [0.15, 0.2) is 0 Å². The SMILES string of the molecule is O=C(O)/C=C(/C(=O)O)C(F)(F)F. The zero-order valence-corrected chi connectivity index (χ0v) is 5.42. The van der Waals surface area contributed by atoms with Crippen molar-refractivity contribution in [2.45, 2.75) is 6.18 Å². The Morgan fingerprint density at radius 3 is 1.67 bits per heavy atom. The van der Waals surface area contributed by atoms with E-state index in [2.05, 4.69) is 0 Å². The third kappa shape index (κ3) is 3.04. The predicted octanol–water partition coefficient (Wildman–Crippen LogP) is 0.644. The maximum Gasteiger partial charge on any atom is 0.423 e. The normalized spacial score (nSPS) is 12.8. The van der Waals surface area contributed by atoms with Gasteiger partial charge >= 0.3 is 18.1 Å².